The normalized spacial score (nSPS) is 16.4. The van der Waals surface area contributed by atoms with Crippen molar-refractivity contribution in [3.63, 3.8) is 0 Å². The monoisotopic (exact) mass is 752 g/mol. The summed E-state index contributed by atoms with van der Waals surface area (Å²) in [6, 6.07) is 3.51. The van der Waals surface area contributed by atoms with Gasteiger partial charge >= 0.3 is 12.4 Å². The average Bonchev–Trinajstić information content (AvgIpc) is 3.03. The van der Waals surface area contributed by atoms with Gasteiger partial charge in [0.05, 0.1) is 27.3 Å². The predicted octanol–water partition coefficient (Wildman–Crippen LogP) is 5.99. The molecule has 0 spiro atoms. The lowest BCUT2D eigenvalue weighted by molar-refractivity contribution is -0.138. The molecule has 0 bridgehead atoms. The number of halogens is 8. The number of amides is 1. The Balaban J connectivity index is 1.40. The summed E-state index contributed by atoms with van der Waals surface area (Å²) in [5, 5.41) is -0.0679. The van der Waals surface area contributed by atoms with Crippen molar-refractivity contribution in [1.29, 1.82) is 0 Å². The number of anilines is 3. The van der Waals surface area contributed by atoms with E-state index in [0.29, 0.717) is 35.1 Å². The van der Waals surface area contributed by atoms with E-state index in [2.05, 4.69) is 9.97 Å². The first-order valence-corrected chi connectivity index (χ1v) is 18.1. The minimum Gasteiger partial charge on any atom is -0.367 e. The number of thioether (sulfide) groups is 1. The Bertz CT molecular complexity index is 1860. The van der Waals surface area contributed by atoms with E-state index in [-0.39, 0.29) is 79.7 Å². The van der Waals surface area contributed by atoms with Crippen molar-refractivity contribution >= 4 is 44.8 Å². The highest BCUT2D eigenvalue weighted by Crippen LogP contribution is 2.40. The zero-order valence-electron chi connectivity index (χ0n) is 26.9. The first kappa shape index (κ1) is 37.4. The highest BCUT2D eigenvalue weighted by Gasteiger charge is 2.35. The molecule has 19 heteroatoms. The predicted molar refractivity (Wildman–Crippen MR) is 171 cm³/mol. The number of carbonyl (C=O) groups excluding carboxylic acids is 1. The Morgan fingerprint density at radius 1 is 0.740 bits per heavy atom. The molecule has 0 aliphatic carbocycles. The van der Waals surface area contributed by atoms with Gasteiger partial charge in [0.2, 0.25) is 0 Å². The molecule has 3 aromatic rings. The van der Waals surface area contributed by atoms with Crippen molar-refractivity contribution in [2.75, 3.05) is 73.3 Å². The van der Waals surface area contributed by atoms with Crippen LogP contribution in [0.25, 0.3) is 0 Å². The van der Waals surface area contributed by atoms with Gasteiger partial charge in [0, 0.05) is 81.2 Å². The second-order valence-electron chi connectivity index (χ2n) is 12.1. The van der Waals surface area contributed by atoms with Gasteiger partial charge in [-0.15, -0.1) is 11.8 Å². The van der Waals surface area contributed by atoms with E-state index < -0.39 is 50.9 Å². The summed E-state index contributed by atoms with van der Waals surface area (Å²) in [6.45, 7) is 4.58. The summed E-state index contributed by atoms with van der Waals surface area (Å²) < 4.78 is 133. The third-order valence-electron chi connectivity index (χ3n) is 8.14. The molecule has 9 nitrogen and oxygen atoms in total. The molecule has 1 amide bonds. The maximum atomic E-state index is 14.7. The van der Waals surface area contributed by atoms with E-state index in [0.717, 1.165) is 6.26 Å². The number of benzene rings is 1. The molecule has 4 heterocycles. The summed E-state index contributed by atoms with van der Waals surface area (Å²) in [7, 11) is -3.84. The molecule has 1 aromatic carbocycles. The molecule has 2 aliphatic rings. The van der Waals surface area contributed by atoms with Crippen molar-refractivity contribution in [2.24, 2.45) is 0 Å². The quantitative estimate of drug-likeness (QED) is 0.214. The third-order valence-corrected chi connectivity index (χ3v) is 10.4. The van der Waals surface area contributed by atoms with Crippen molar-refractivity contribution in [3.05, 3.63) is 65.0 Å². The highest BCUT2D eigenvalue weighted by molar-refractivity contribution is 8.00. The zero-order chi connectivity index (χ0) is 36.8. The number of alkyl halides is 6. The molecule has 2 aromatic heterocycles. The SMILES string of the molecule is CC(C)Sc1c(C(=O)N2CCN(c3ncc(C(F)(F)F)cc3F)CC2)cc(S(C)(=O)=O)cc1N1CCN(c2ncc(C(F)(F)F)cc2F)CC1. The lowest BCUT2D eigenvalue weighted by Crippen LogP contribution is -2.49. The smallest absolute Gasteiger partial charge is 0.367 e. The number of piperazine rings is 2. The van der Waals surface area contributed by atoms with Crippen LogP contribution in [0, 0.1) is 11.6 Å². The number of nitrogens with zero attached hydrogens (tertiary/aromatic N) is 6. The number of pyridine rings is 2. The Labute approximate surface area is 287 Å². The second-order valence-corrected chi connectivity index (χ2v) is 15.7. The van der Waals surface area contributed by atoms with Crippen LogP contribution >= 0.6 is 11.8 Å². The first-order valence-electron chi connectivity index (χ1n) is 15.3. The zero-order valence-corrected chi connectivity index (χ0v) is 28.6. The molecule has 2 fully saturated rings. The van der Waals surface area contributed by atoms with Crippen LogP contribution in [-0.4, -0.2) is 93.1 Å². The molecule has 0 radical (unpaired) electrons. The molecule has 0 N–H and O–H groups in total. The summed E-state index contributed by atoms with van der Waals surface area (Å²) >= 11 is 1.32. The summed E-state index contributed by atoms with van der Waals surface area (Å²) in [6.07, 6.45) is -7.43. The molecule has 2 saturated heterocycles. The van der Waals surface area contributed by atoms with Crippen LogP contribution in [0.2, 0.25) is 0 Å². The molecular formula is C31H32F8N6O3S2. The molecule has 5 rings (SSSR count). The lowest BCUT2D eigenvalue weighted by Gasteiger charge is -2.39. The Hall–Kier alpha value is -3.87. The van der Waals surface area contributed by atoms with E-state index in [9.17, 15) is 48.3 Å². The topological polar surface area (TPSA) is 90.0 Å². The number of hydrogen-bond donors (Lipinski definition) is 0. The van der Waals surface area contributed by atoms with Crippen LogP contribution in [0.15, 0.2) is 46.5 Å². The van der Waals surface area contributed by atoms with Gasteiger partial charge in [-0.1, -0.05) is 13.8 Å². The van der Waals surface area contributed by atoms with Crippen molar-refractivity contribution < 1.29 is 48.3 Å². The lowest BCUT2D eigenvalue weighted by atomic mass is 10.1. The third kappa shape index (κ3) is 8.19. The van der Waals surface area contributed by atoms with Gasteiger partial charge in [-0.25, -0.2) is 27.2 Å². The number of hydrogen-bond acceptors (Lipinski definition) is 9. The maximum Gasteiger partial charge on any atom is 0.417 e. The molecule has 2 aliphatic heterocycles. The molecule has 272 valence electrons. The van der Waals surface area contributed by atoms with Crippen LogP contribution < -0.4 is 14.7 Å². The highest BCUT2D eigenvalue weighted by atomic mass is 32.2. The van der Waals surface area contributed by atoms with E-state index >= 15 is 0 Å². The van der Waals surface area contributed by atoms with E-state index in [1.54, 1.807) is 0 Å². The summed E-state index contributed by atoms with van der Waals surface area (Å²) in [5.41, 5.74) is -1.90. The van der Waals surface area contributed by atoms with Gasteiger partial charge in [-0.05, 0) is 24.3 Å². The van der Waals surface area contributed by atoms with Crippen molar-refractivity contribution in [3.8, 4) is 0 Å². The standard InChI is InChI=1S/C31H32F8N6O3S2/c1-18(2)49-26-22(29(46)45-10-8-44(9-11-45)28-24(33)13-20(17-41-28)31(37,38)39)14-21(50(3,47)48)15-25(26)42-4-6-43(7-5-42)27-23(32)12-19(16-40-27)30(34,35)36/h12-18H,4-11H2,1-3H3. The minimum atomic E-state index is -4.77. The fourth-order valence-corrected chi connectivity index (χ4v) is 7.35. The van der Waals surface area contributed by atoms with Gasteiger partial charge in [-0.2, -0.15) is 26.3 Å². The van der Waals surface area contributed by atoms with Crippen LogP contribution in [0.5, 0.6) is 0 Å². The summed E-state index contributed by atoms with van der Waals surface area (Å²) in [4.78, 5) is 28.0. The van der Waals surface area contributed by atoms with Gasteiger partial charge in [0.25, 0.3) is 5.91 Å². The van der Waals surface area contributed by atoms with Gasteiger partial charge in [0.15, 0.2) is 33.1 Å². The molecule has 0 atom stereocenters. The van der Waals surface area contributed by atoms with Gasteiger partial charge < -0.3 is 19.6 Å². The Kier molecular flexibility index (Phi) is 10.5. The van der Waals surface area contributed by atoms with Crippen molar-refractivity contribution in [2.45, 2.75) is 41.2 Å². The van der Waals surface area contributed by atoms with Crippen LogP contribution in [0.1, 0.15) is 35.3 Å². The van der Waals surface area contributed by atoms with E-state index in [4.69, 9.17) is 0 Å². The average molecular weight is 753 g/mol. The number of rotatable bonds is 7. The number of sulfone groups is 1. The van der Waals surface area contributed by atoms with E-state index in [1.807, 2.05) is 18.7 Å². The number of aromatic nitrogens is 2. The molecule has 0 saturated carbocycles. The molecule has 50 heavy (non-hydrogen) atoms. The first-order chi connectivity index (χ1) is 23.2. The van der Waals surface area contributed by atoms with Crippen LogP contribution in [0.4, 0.5) is 52.4 Å². The Morgan fingerprint density at radius 2 is 1.18 bits per heavy atom. The fraction of sp³-hybridized carbons (Fsp3) is 0.452. The minimum absolute atomic E-state index is 0.0373. The number of carbonyl (C=O) groups is 1. The Morgan fingerprint density at radius 3 is 1.58 bits per heavy atom. The largest absolute Gasteiger partial charge is 0.417 e. The fourth-order valence-electron chi connectivity index (χ4n) is 5.64. The molecule has 0 unspecified atom stereocenters. The van der Waals surface area contributed by atoms with Crippen LogP contribution in [-0.2, 0) is 22.2 Å². The summed E-state index contributed by atoms with van der Waals surface area (Å²) in [5.74, 6) is -3.32. The maximum absolute atomic E-state index is 14.7. The second kappa shape index (κ2) is 14.0. The van der Waals surface area contributed by atoms with Crippen molar-refractivity contribution in [1.82, 2.24) is 14.9 Å². The van der Waals surface area contributed by atoms with E-state index in [1.165, 1.54) is 38.6 Å². The van der Waals surface area contributed by atoms with Gasteiger partial charge in [0.1, 0.15) is 0 Å². The van der Waals surface area contributed by atoms with Gasteiger partial charge in [-0.3, -0.25) is 4.79 Å². The van der Waals surface area contributed by atoms with Crippen LogP contribution in [0.3, 0.4) is 0 Å². The molecular weight excluding hydrogens is 720 g/mol.